The third-order valence-electron chi connectivity index (χ3n) is 5.21. The highest BCUT2D eigenvalue weighted by Gasteiger charge is 2.12. The van der Waals surface area contributed by atoms with Crippen molar-refractivity contribution in [2.75, 3.05) is 20.2 Å². The highest BCUT2D eigenvalue weighted by atomic mass is 16.5. The summed E-state index contributed by atoms with van der Waals surface area (Å²) in [7, 11) is 1.63. The maximum absolute atomic E-state index is 12.8. The van der Waals surface area contributed by atoms with Crippen LogP contribution in [0.1, 0.15) is 41.0 Å². The fourth-order valence-electron chi connectivity index (χ4n) is 3.42. The number of methoxy groups -OCH3 is 1. The van der Waals surface area contributed by atoms with Crippen LogP contribution in [0.3, 0.4) is 0 Å². The SMILES string of the molecule is CCN(CC)Cc1cccc(CNC(=O)c2cc3ccc(OC)cc3nc2C)c1. The van der Waals surface area contributed by atoms with Gasteiger partial charge in [-0.15, -0.1) is 0 Å². The molecule has 0 bridgehead atoms. The zero-order valence-electron chi connectivity index (χ0n) is 17.7. The van der Waals surface area contributed by atoms with Crippen molar-refractivity contribution in [3.63, 3.8) is 0 Å². The van der Waals surface area contributed by atoms with Crippen molar-refractivity contribution in [1.29, 1.82) is 0 Å². The summed E-state index contributed by atoms with van der Waals surface area (Å²) in [4.78, 5) is 19.7. The Kier molecular flexibility index (Phi) is 6.83. The molecule has 0 spiro atoms. The summed E-state index contributed by atoms with van der Waals surface area (Å²) < 4.78 is 5.25. The van der Waals surface area contributed by atoms with Gasteiger partial charge in [-0.25, -0.2) is 0 Å². The lowest BCUT2D eigenvalue weighted by Gasteiger charge is -2.18. The summed E-state index contributed by atoms with van der Waals surface area (Å²) in [5, 5.41) is 3.95. The first kappa shape index (κ1) is 20.8. The number of carbonyl (C=O) groups excluding carboxylic acids is 1. The van der Waals surface area contributed by atoms with Crippen LogP contribution in [0.15, 0.2) is 48.5 Å². The molecule has 5 nitrogen and oxygen atoms in total. The summed E-state index contributed by atoms with van der Waals surface area (Å²) in [5.41, 5.74) is 4.49. The Balaban J connectivity index is 1.71. The van der Waals surface area contributed by atoms with Gasteiger partial charge < -0.3 is 10.1 Å². The summed E-state index contributed by atoms with van der Waals surface area (Å²) >= 11 is 0. The largest absolute Gasteiger partial charge is 0.497 e. The van der Waals surface area contributed by atoms with Crippen molar-refractivity contribution < 1.29 is 9.53 Å². The van der Waals surface area contributed by atoms with E-state index in [1.54, 1.807) is 7.11 Å². The highest BCUT2D eigenvalue weighted by molar-refractivity contribution is 5.98. The van der Waals surface area contributed by atoms with E-state index in [4.69, 9.17) is 4.74 Å². The molecule has 1 N–H and O–H groups in total. The summed E-state index contributed by atoms with van der Waals surface area (Å²) in [6, 6.07) is 16.0. The predicted molar refractivity (Wildman–Crippen MR) is 117 cm³/mol. The second-order valence-electron chi connectivity index (χ2n) is 7.14. The van der Waals surface area contributed by atoms with Crippen LogP contribution in [-0.2, 0) is 13.1 Å². The van der Waals surface area contributed by atoms with Crippen LogP contribution in [-0.4, -0.2) is 36.0 Å². The molecule has 3 rings (SSSR count). The van der Waals surface area contributed by atoms with E-state index in [2.05, 4.69) is 47.2 Å². The van der Waals surface area contributed by atoms with E-state index < -0.39 is 0 Å². The monoisotopic (exact) mass is 391 g/mol. The van der Waals surface area contributed by atoms with Crippen LogP contribution in [0.2, 0.25) is 0 Å². The summed E-state index contributed by atoms with van der Waals surface area (Å²) in [5.74, 6) is 0.646. The van der Waals surface area contributed by atoms with E-state index in [9.17, 15) is 4.79 Å². The summed E-state index contributed by atoms with van der Waals surface area (Å²) in [6.07, 6.45) is 0. The van der Waals surface area contributed by atoms with Gasteiger partial charge in [-0.3, -0.25) is 14.7 Å². The first-order valence-corrected chi connectivity index (χ1v) is 10.1. The van der Waals surface area contributed by atoms with Crippen molar-refractivity contribution in [2.45, 2.75) is 33.9 Å². The zero-order chi connectivity index (χ0) is 20.8. The van der Waals surface area contributed by atoms with Gasteiger partial charge in [0, 0.05) is 24.5 Å². The Labute approximate surface area is 172 Å². The number of nitrogens with one attached hydrogen (secondary N) is 1. The molecule has 0 unspecified atom stereocenters. The summed E-state index contributed by atoms with van der Waals surface area (Å²) in [6.45, 7) is 9.66. The van der Waals surface area contributed by atoms with Crippen LogP contribution >= 0.6 is 0 Å². The molecule has 5 heteroatoms. The van der Waals surface area contributed by atoms with Gasteiger partial charge in [0.1, 0.15) is 5.75 Å². The molecule has 0 fully saturated rings. The van der Waals surface area contributed by atoms with Crippen LogP contribution in [0.5, 0.6) is 5.75 Å². The maximum atomic E-state index is 12.8. The Morgan fingerprint density at radius 2 is 1.83 bits per heavy atom. The van der Waals surface area contributed by atoms with Crippen molar-refractivity contribution in [3.8, 4) is 5.75 Å². The fraction of sp³-hybridized carbons (Fsp3) is 0.333. The number of pyridine rings is 1. The number of hydrogen-bond acceptors (Lipinski definition) is 4. The second-order valence-corrected chi connectivity index (χ2v) is 7.14. The number of ether oxygens (including phenoxy) is 1. The van der Waals surface area contributed by atoms with E-state index >= 15 is 0 Å². The number of nitrogens with zero attached hydrogens (tertiary/aromatic N) is 2. The lowest BCUT2D eigenvalue weighted by Crippen LogP contribution is -2.24. The van der Waals surface area contributed by atoms with E-state index in [1.165, 1.54) is 5.56 Å². The van der Waals surface area contributed by atoms with Crippen molar-refractivity contribution in [2.24, 2.45) is 0 Å². The predicted octanol–water partition coefficient (Wildman–Crippen LogP) is 4.32. The lowest BCUT2D eigenvalue weighted by atomic mass is 10.1. The Hall–Kier alpha value is -2.92. The van der Waals surface area contributed by atoms with Crippen molar-refractivity contribution in [1.82, 2.24) is 15.2 Å². The molecule has 0 saturated heterocycles. The Morgan fingerprint density at radius 3 is 2.55 bits per heavy atom. The van der Waals surface area contributed by atoms with Crippen molar-refractivity contribution >= 4 is 16.8 Å². The molecule has 2 aromatic carbocycles. The number of carbonyl (C=O) groups is 1. The lowest BCUT2D eigenvalue weighted by molar-refractivity contribution is 0.0950. The molecule has 1 heterocycles. The van der Waals surface area contributed by atoms with Gasteiger partial charge in [0.15, 0.2) is 0 Å². The topological polar surface area (TPSA) is 54.5 Å². The number of benzene rings is 2. The number of amides is 1. The van der Waals surface area contributed by atoms with Crippen molar-refractivity contribution in [3.05, 3.63) is 70.9 Å². The maximum Gasteiger partial charge on any atom is 0.253 e. The standard InChI is InChI=1S/C24H29N3O2/c1-5-27(6-2)16-19-9-7-8-18(12-19)15-25-24(28)22-13-20-10-11-21(29-4)14-23(20)26-17(22)3/h7-14H,5-6,15-16H2,1-4H3,(H,25,28). The molecular weight excluding hydrogens is 362 g/mol. The molecule has 0 atom stereocenters. The molecule has 0 aliphatic heterocycles. The van der Waals surface area contributed by atoms with Gasteiger partial charge in [-0.05, 0) is 49.3 Å². The van der Waals surface area contributed by atoms with Crippen LogP contribution in [0.4, 0.5) is 0 Å². The molecule has 1 amide bonds. The first-order valence-electron chi connectivity index (χ1n) is 10.1. The van der Waals surface area contributed by atoms with E-state index in [0.717, 1.165) is 41.9 Å². The van der Waals surface area contributed by atoms with Crippen LogP contribution in [0, 0.1) is 6.92 Å². The quantitative estimate of drug-likeness (QED) is 0.621. The minimum Gasteiger partial charge on any atom is -0.497 e. The normalized spacial score (nSPS) is 11.1. The molecule has 3 aromatic rings. The highest BCUT2D eigenvalue weighted by Crippen LogP contribution is 2.21. The number of rotatable bonds is 8. The average Bonchev–Trinajstić information content (AvgIpc) is 2.75. The fourth-order valence-corrected chi connectivity index (χ4v) is 3.42. The Bertz CT molecular complexity index is 997. The number of hydrogen-bond donors (Lipinski definition) is 1. The minimum atomic E-state index is -0.109. The zero-order valence-corrected chi connectivity index (χ0v) is 17.7. The third-order valence-corrected chi connectivity index (χ3v) is 5.21. The van der Waals surface area contributed by atoms with E-state index in [-0.39, 0.29) is 5.91 Å². The number of aromatic nitrogens is 1. The average molecular weight is 392 g/mol. The Morgan fingerprint density at radius 1 is 1.07 bits per heavy atom. The second kappa shape index (κ2) is 9.52. The van der Waals surface area contributed by atoms with Gasteiger partial charge in [0.25, 0.3) is 5.91 Å². The molecule has 152 valence electrons. The molecule has 29 heavy (non-hydrogen) atoms. The van der Waals surface area contributed by atoms with E-state index in [1.807, 2.05) is 37.3 Å². The number of aryl methyl sites for hydroxylation is 1. The minimum absolute atomic E-state index is 0.109. The molecule has 0 radical (unpaired) electrons. The molecule has 0 saturated carbocycles. The van der Waals surface area contributed by atoms with Gasteiger partial charge in [-0.1, -0.05) is 38.1 Å². The van der Waals surface area contributed by atoms with Gasteiger partial charge in [0.05, 0.1) is 23.9 Å². The van der Waals surface area contributed by atoms with E-state index in [0.29, 0.717) is 17.8 Å². The smallest absolute Gasteiger partial charge is 0.253 e. The number of fused-ring (bicyclic) bond motifs is 1. The first-order chi connectivity index (χ1) is 14.0. The van der Waals surface area contributed by atoms with Crippen LogP contribution in [0.25, 0.3) is 10.9 Å². The molecule has 1 aromatic heterocycles. The molecular formula is C24H29N3O2. The third kappa shape index (κ3) is 5.12. The molecule has 0 aliphatic carbocycles. The van der Waals surface area contributed by atoms with Gasteiger partial charge in [-0.2, -0.15) is 0 Å². The van der Waals surface area contributed by atoms with Gasteiger partial charge >= 0.3 is 0 Å². The van der Waals surface area contributed by atoms with Crippen LogP contribution < -0.4 is 10.1 Å². The molecule has 0 aliphatic rings. The van der Waals surface area contributed by atoms with Gasteiger partial charge in [0.2, 0.25) is 0 Å².